The van der Waals surface area contributed by atoms with E-state index >= 15 is 0 Å². The summed E-state index contributed by atoms with van der Waals surface area (Å²) < 4.78 is 4.82. The molecule has 2 aliphatic heterocycles. The van der Waals surface area contributed by atoms with Gasteiger partial charge in [0.1, 0.15) is 5.25 Å². The fourth-order valence-corrected chi connectivity index (χ4v) is 4.60. The standard InChI is InChI=1S/C21H29N3O3S/c1-27-21(26)19-16-24(14-15-28-19)20(25)17-23-12-10-22(11-13-23)9-5-8-18-6-3-2-4-7-18/h2-8,19H,9-17H2,1H3/b8-5+/t19-/m1/s1. The summed E-state index contributed by atoms with van der Waals surface area (Å²) in [6, 6.07) is 10.3. The van der Waals surface area contributed by atoms with Crippen LogP contribution in [0, 0.1) is 0 Å². The number of carbonyl (C=O) groups excluding carboxylic acids is 2. The molecule has 0 aromatic heterocycles. The Bertz CT molecular complexity index is 675. The number of ether oxygens (including phenoxy) is 1. The van der Waals surface area contributed by atoms with Crippen LogP contribution in [0.2, 0.25) is 0 Å². The lowest BCUT2D eigenvalue weighted by atomic mass is 10.2. The van der Waals surface area contributed by atoms with E-state index in [-0.39, 0.29) is 17.1 Å². The van der Waals surface area contributed by atoms with Crippen molar-refractivity contribution in [1.29, 1.82) is 0 Å². The fraction of sp³-hybridized carbons (Fsp3) is 0.524. The van der Waals surface area contributed by atoms with E-state index in [0.29, 0.717) is 19.6 Å². The van der Waals surface area contributed by atoms with E-state index in [4.69, 9.17) is 4.74 Å². The summed E-state index contributed by atoms with van der Waals surface area (Å²) in [4.78, 5) is 30.8. The molecule has 2 heterocycles. The monoisotopic (exact) mass is 403 g/mol. The minimum atomic E-state index is -0.254. The Hall–Kier alpha value is -1.83. The topological polar surface area (TPSA) is 53.1 Å². The second-order valence-electron chi connectivity index (χ2n) is 7.11. The molecule has 0 spiro atoms. The lowest BCUT2D eigenvalue weighted by Gasteiger charge is -2.36. The molecule has 2 aliphatic rings. The molecule has 3 rings (SSSR count). The zero-order valence-corrected chi connectivity index (χ0v) is 17.3. The SMILES string of the molecule is COC(=O)[C@H]1CN(C(=O)CN2CCN(C/C=C/c3ccccc3)CC2)CCS1. The maximum absolute atomic E-state index is 12.6. The summed E-state index contributed by atoms with van der Waals surface area (Å²) in [7, 11) is 1.40. The van der Waals surface area contributed by atoms with Gasteiger partial charge in [0.15, 0.2) is 0 Å². The highest BCUT2D eigenvalue weighted by atomic mass is 32.2. The average molecular weight is 404 g/mol. The van der Waals surface area contributed by atoms with Crippen LogP contribution in [0.1, 0.15) is 5.56 Å². The predicted molar refractivity (Wildman–Crippen MR) is 113 cm³/mol. The van der Waals surface area contributed by atoms with Gasteiger partial charge in [-0.3, -0.25) is 19.4 Å². The number of esters is 1. The molecule has 0 unspecified atom stereocenters. The van der Waals surface area contributed by atoms with Gasteiger partial charge in [-0.15, -0.1) is 11.8 Å². The van der Waals surface area contributed by atoms with Gasteiger partial charge in [-0.25, -0.2) is 0 Å². The Balaban J connectivity index is 1.38. The summed E-state index contributed by atoms with van der Waals surface area (Å²) >= 11 is 1.57. The number of thioether (sulfide) groups is 1. The lowest BCUT2D eigenvalue weighted by Crippen LogP contribution is -2.52. The van der Waals surface area contributed by atoms with Crippen molar-refractivity contribution in [1.82, 2.24) is 14.7 Å². The third-order valence-electron chi connectivity index (χ3n) is 5.18. The molecule has 0 N–H and O–H groups in total. The third-order valence-corrected chi connectivity index (χ3v) is 6.34. The Morgan fingerprint density at radius 3 is 2.54 bits per heavy atom. The number of nitrogens with zero attached hydrogens (tertiary/aromatic N) is 3. The van der Waals surface area contributed by atoms with E-state index in [1.807, 2.05) is 23.1 Å². The molecule has 152 valence electrons. The summed E-state index contributed by atoms with van der Waals surface area (Å²) in [5.74, 6) is 0.666. The summed E-state index contributed by atoms with van der Waals surface area (Å²) in [5, 5.41) is -0.254. The highest BCUT2D eigenvalue weighted by Crippen LogP contribution is 2.20. The first kappa shape index (κ1) is 20.9. The van der Waals surface area contributed by atoms with Crippen molar-refractivity contribution in [2.45, 2.75) is 5.25 Å². The van der Waals surface area contributed by atoms with Crippen molar-refractivity contribution < 1.29 is 14.3 Å². The van der Waals surface area contributed by atoms with Crippen LogP contribution in [0.15, 0.2) is 36.4 Å². The van der Waals surface area contributed by atoms with Gasteiger partial charge in [-0.1, -0.05) is 42.5 Å². The molecule has 2 saturated heterocycles. The minimum Gasteiger partial charge on any atom is -0.468 e. The average Bonchev–Trinajstić information content (AvgIpc) is 2.75. The van der Waals surface area contributed by atoms with Gasteiger partial charge < -0.3 is 9.64 Å². The number of hydrogen-bond donors (Lipinski definition) is 0. The second kappa shape index (κ2) is 10.6. The van der Waals surface area contributed by atoms with Crippen LogP contribution >= 0.6 is 11.8 Å². The number of methoxy groups -OCH3 is 1. The number of carbonyl (C=O) groups is 2. The van der Waals surface area contributed by atoms with Gasteiger partial charge >= 0.3 is 5.97 Å². The molecule has 6 nitrogen and oxygen atoms in total. The number of piperazine rings is 1. The van der Waals surface area contributed by atoms with E-state index in [1.54, 1.807) is 11.8 Å². The molecule has 0 bridgehead atoms. The highest BCUT2D eigenvalue weighted by Gasteiger charge is 2.30. The molecule has 7 heteroatoms. The molecular weight excluding hydrogens is 374 g/mol. The minimum absolute atomic E-state index is 0.117. The third kappa shape index (κ3) is 6.09. The number of benzene rings is 1. The van der Waals surface area contributed by atoms with Crippen molar-refractivity contribution in [3.63, 3.8) is 0 Å². The molecule has 1 atom stereocenters. The van der Waals surface area contributed by atoms with Crippen LogP contribution in [0.3, 0.4) is 0 Å². The molecule has 2 fully saturated rings. The van der Waals surface area contributed by atoms with Crippen molar-refractivity contribution in [2.24, 2.45) is 0 Å². The summed E-state index contributed by atoms with van der Waals surface area (Å²) in [5.41, 5.74) is 1.22. The van der Waals surface area contributed by atoms with Crippen LogP contribution < -0.4 is 0 Å². The van der Waals surface area contributed by atoms with E-state index in [1.165, 1.54) is 12.7 Å². The van der Waals surface area contributed by atoms with E-state index in [9.17, 15) is 9.59 Å². The smallest absolute Gasteiger partial charge is 0.320 e. The van der Waals surface area contributed by atoms with Crippen molar-refractivity contribution >= 4 is 29.7 Å². The van der Waals surface area contributed by atoms with Crippen LogP contribution in [0.25, 0.3) is 6.08 Å². The highest BCUT2D eigenvalue weighted by molar-refractivity contribution is 8.00. The van der Waals surface area contributed by atoms with Gasteiger partial charge in [-0.05, 0) is 5.56 Å². The second-order valence-corrected chi connectivity index (χ2v) is 8.42. The molecule has 0 saturated carbocycles. The molecular formula is C21H29N3O3S. The maximum Gasteiger partial charge on any atom is 0.320 e. The van der Waals surface area contributed by atoms with Crippen LogP contribution in [-0.2, 0) is 14.3 Å². The molecule has 1 amide bonds. The fourth-order valence-electron chi connectivity index (χ4n) is 3.47. The summed E-state index contributed by atoms with van der Waals surface area (Å²) in [6.45, 7) is 6.26. The van der Waals surface area contributed by atoms with E-state index < -0.39 is 0 Å². The summed E-state index contributed by atoms with van der Waals surface area (Å²) in [6.07, 6.45) is 4.36. The Labute approximate surface area is 171 Å². The van der Waals surface area contributed by atoms with Crippen LogP contribution in [0.5, 0.6) is 0 Å². The normalized spacial score (nSPS) is 21.8. The predicted octanol–water partition coefficient (Wildman–Crippen LogP) is 1.43. The largest absolute Gasteiger partial charge is 0.468 e. The van der Waals surface area contributed by atoms with Crippen molar-refractivity contribution in [2.75, 3.05) is 65.2 Å². The maximum atomic E-state index is 12.6. The van der Waals surface area contributed by atoms with Crippen LogP contribution in [-0.4, -0.2) is 97.0 Å². The number of amides is 1. The van der Waals surface area contributed by atoms with E-state index in [2.05, 4.69) is 34.1 Å². The molecule has 28 heavy (non-hydrogen) atoms. The first-order valence-electron chi connectivity index (χ1n) is 9.79. The van der Waals surface area contributed by atoms with Gasteiger partial charge in [-0.2, -0.15) is 0 Å². The molecule has 1 aromatic rings. The Morgan fingerprint density at radius 2 is 1.82 bits per heavy atom. The number of hydrogen-bond acceptors (Lipinski definition) is 6. The van der Waals surface area contributed by atoms with Gasteiger partial charge in [0.05, 0.1) is 13.7 Å². The molecule has 0 radical (unpaired) electrons. The molecule has 1 aromatic carbocycles. The Kier molecular flexibility index (Phi) is 7.94. The van der Waals surface area contributed by atoms with Gasteiger partial charge in [0, 0.05) is 51.6 Å². The van der Waals surface area contributed by atoms with Gasteiger partial charge in [0.2, 0.25) is 5.91 Å². The quantitative estimate of drug-likeness (QED) is 0.670. The van der Waals surface area contributed by atoms with Crippen LogP contribution in [0.4, 0.5) is 0 Å². The van der Waals surface area contributed by atoms with Gasteiger partial charge in [0.25, 0.3) is 0 Å². The first-order chi connectivity index (χ1) is 13.7. The number of rotatable bonds is 6. The van der Waals surface area contributed by atoms with E-state index in [0.717, 1.165) is 38.5 Å². The zero-order chi connectivity index (χ0) is 19.8. The van der Waals surface area contributed by atoms with Crippen molar-refractivity contribution in [3.8, 4) is 0 Å². The molecule has 0 aliphatic carbocycles. The lowest BCUT2D eigenvalue weighted by molar-refractivity contribution is -0.141. The Morgan fingerprint density at radius 1 is 1.11 bits per heavy atom. The first-order valence-corrected chi connectivity index (χ1v) is 10.8. The van der Waals surface area contributed by atoms with Crippen molar-refractivity contribution in [3.05, 3.63) is 42.0 Å². The zero-order valence-electron chi connectivity index (χ0n) is 16.5.